The number of hydrogen-bond acceptors (Lipinski definition) is 4. The molecule has 17 heavy (non-hydrogen) atoms. The van der Waals surface area contributed by atoms with Crippen LogP contribution in [0.15, 0.2) is 24.3 Å². The van der Waals surface area contributed by atoms with Gasteiger partial charge in [0.1, 0.15) is 0 Å². The Hall–Kier alpha value is -0.910. The third-order valence-corrected chi connectivity index (χ3v) is 5.36. The second kappa shape index (κ2) is 4.76. The van der Waals surface area contributed by atoms with Gasteiger partial charge >= 0.3 is 0 Å². The summed E-state index contributed by atoms with van der Waals surface area (Å²) in [6.45, 7) is -0.515. The lowest BCUT2D eigenvalue weighted by Crippen LogP contribution is -2.32. The van der Waals surface area contributed by atoms with E-state index in [0.717, 1.165) is 11.1 Å². The van der Waals surface area contributed by atoms with E-state index in [4.69, 9.17) is 5.11 Å². The molecule has 0 amide bonds. The third-order valence-electron chi connectivity index (χ3n) is 3.16. The van der Waals surface area contributed by atoms with Crippen molar-refractivity contribution in [3.05, 3.63) is 35.4 Å². The van der Waals surface area contributed by atoms with Gasteiger partial charge in [0.25, 0.3) is 0 Å². The van der Waals surface area contributed by atoms with E-state index in [2.05, 4.69) is 0 Å². The Bertz CT molecular complexity index is 470. The zero-order valence-electron chi connectivity index (χ0n) is 9.41. The summed E-state index contributed by atoms with van der Waals surface area (Å²) < 4.78 is 24.0. The minimum absolute atomic E-state index is 0.359. The highest BCUT2D eigenvalue weighted by molar-refractivity contribution is 7.92. The highest BCUT2D eigenvalue weighted by Gasteiger charge is 2.33. The molecular formula is C12H16O4S. The standard InChI is InChI=1S/C12H16O4S/c13-7-11(14)8-17(15,16)12-5-9-3-1-2-4-10(9)6-12/h1-4,11-14H,5-8H2/t11-/m1/s1. The Balaban J connectivity index is 2.12. The van der Waals surface area contributed by atoms with Gasteiger partial charge in [-0.05, 0) is 24.0 Å². The average Bonchev–Trinajstić information content (AvgIpc) is 2.72. The summed E-state index contributed by atoms with van der Waals surface area (Å²) in [7, 11) is -3.35. The van der Waals surface area contributed by atoms with Crippen LogP contribution in [0.1, 0.15) is 11.1 Å². The summed E-state index contributed by atoms with van der Waals surface area (Å²) in [5.74, 6) is -0.359. The molecule has 5 heteroatoms. The molecule has 0 heterocycles. The predicted molar refractivity (Wildman–Crippen MR) is 64.5 cm³/mol. The van der Waals surface area contributed by atoms with Crippen molar-refractivity contribution in [1.29, 1.82) is 0 Å². The number of aliphatic hydroxyl groups excluding tert-OH is 2. The molecule has 0 saturated heterocycles. The average molecular weight is 256 g/mol. The SMILES string of the molecule is O=S(=O)(C[C@H](O)CO)C1Cc2ccccc2C1. The monoisotopic (exact) mass is 256 g/mol. The van der Waals surface area contributed by atoms with Crippen molar-refractivity contribution < 1.29 is 18.6 Å². The molecule has 2 rings (SSSR count). The first-order valence-corrected chi connectivity index (χ1v) is 7.32. The maximum Gasteiger partial charge on any atom is 0.156 e. The number of sulfone groups is 1. The van der Waals surface area contributed by atoms with Gasteiger partial charge in [0.05, 0.1) is 23.7 Å². The van der Waals surface area contributed by atoms with Crippen molar-refractivity contribution in [1.82, 2.24) is 0 Å². The molecule has 2 N–H and O–H groups in total. The van der Waals surface area contributed by atoms with Crippen molar-refractivity contribution in [2.24, 2.45) is 0 Å². The molecule has 1 aromatic rings. The maximum atomic E-state index is 12.0. The smallest absolute Gasteiger partial charge is 0.156 e. The van der Waals surface area contributed by atoms with Crippen LogP contribution < -0.4 is 0 Å². The second-order valence-electron chi connectivity index (χ2n) is 4.46. The first kappa shape index (κ1) is 12.5. The molecule has 0 fully saturated rings. The molecule has 0 saturated carbocycles. The van der Waals surface area contributed by atoms with Crippen LogP contribution >= 0.6 is 0 Å². The van der Waals surface area contributed by atoms with Gasteiger partial charge in [0.15, 0.2) is 9.84 Å². The fourth-order valence-electron chi connectivity index (χ4n) is 2.23. The van der Waals surface area contributed by atoms with E-state index < -0.39 is 27.8 Å². The van der Waals surface area contributed by atoms with E-state index in [9.17, 15) is 13.5 Å². The van der Waals surface area contributed by atoms with Gasteiger partial charge in [-0.25, -0.2) is 8.42 Å². The highest BCUT2D eigenvalue weighted by Crippen LogP contribution is 2.26. The number of benzene rings is 1. The molecule has 4 nitrogen and oxygen atoms in total. The van der Waals surface area contributed by atoms with E-state index in [1.165, 1.54) is 0 Å². The van der Waals surface area contributed by atoms with Crippen LogP contribution in [0, 0.1) is 0 Å². The lowest BCUT2D eigenvalue weighted by Gasteiger charge is -2.13. The Morgan fingerprint density at radius 1 is 1.24 bits per heavy atom. The molecule has 0 aromatic heterocycles. The van der Waals surface area contributed by atoms with Crippen LogP contribution in [0.4, 0.5) is 0 Å². The zero-order valence-corrected chi connectivity index (χ0v) is 10.2. The normalized spacial score (nSPS) is 18.0. The van der Waals surface area contributed by atoms with Crippen LogP contribution in [0.2, 0.25) is 0 Å². The molecule has 0 spiro atoms. The highest BCUT2D eigenvalue weighted by atomic mass is 32.2. The second-order valence-corrected chi connectivity index (χ2v) is 6.79. The van der Waals surface area contributed by atoms with Crippen molar-refractivity contribution >= 4 is 9.84 Å². The minimum Gasteiger partial charge on any atom is -0.394 e. The Morgan fingerprint density at radius 3 is 2.24 bits per heavy atom. The van der Waals surface area contributed by atoms with Crippen molar-refractivity contribution in [3.8, 4) is 0 Å². The molecule has 1 aromatic carbocycles. The van der Waals surface area contributed by atoms with E-state index in [-0.39, 0.29) is 5.75 Å². The van der Waals surface area contributed by atoms with E-state index in [1.807, 2.05) is 24.3 Å². The lowest BCUT2D eigenvalue weighted by atomic mass is 10.1. The quantitative estimate of drug-likeness (QED) is 0.790. The topological polar surface area (TPSA) is 74.6 Å². The maximum absolute atomic E-state index is 12.0. The molecule has 94 valence electrons. The van der Waals surface area contributed by atoms with E-state index >= 15 is 0 Å². The van der Waals surface area contributed by atoms with Gasteiger partial charge in [-0.3, -0.25) is 0 Å². The first-order valence-electron chi connectivity index (χ1n) is 5.60. The third kappa shape index (κ3) is 2.68. The molecular weight excluding hydrogens is 240 g/mol. The molecule has 0 bridgehead atoms. The fourth-order valence-corrected chi connectivity index (χ4v) is 4.01. The van der Waals surface area contributed by atoms with Gasteiger partial charge < -0.3 is 10.2 Å². The van der Waals surface area contributed by atoms with Gasteiger partial charge in [0.2, 0.25) is 0 Å². The molecule has 1 atom stereocenters. The van der Waals surface area contributed by atoms with Crippen LogP contribution in [-0.2, 0) is 22.7 Å². The summed E-state index contributed by atoms with van der Waals surface area (Å²) in [6, 6.07) is 7.67. The number of hydrogen-bond donors (Lipinski definition) is 2. The summed E-state index contributed by atoms with van der Waals surface area (Å²) >= 11 is 0. The molecule has 0 unspecified atom stereocenters. The first-order chi connectivity index (χ1) is 8.03. The van der Waals surface area contributed by atoms with E-state index in [1.54, 1.807) is 0 Å². The summed E-state index contributed by atoms with van der Waals surface area (Å²) in [5.41, 5.74) is 2.14. The van der Waals surface area contributed by atoms with E-state index in [0.29, 0.717) is 12.8 Å². The van der Waals surface area contributed by atoms with Crippen LogP contribution in [0.25, 0.3) is 0 Å². The van der Waals surface area contributed by atoms with Gasteiger partial charge in [-0.15, -0.1) is 0 Å². The van der Waals surface area contributed by atoms with Crippen LogP contribution in [-0.4, -0.2) is 42.3 Å². The van der Waals surface area contributed by atoms with Gasteiger partial charge in [-0.1, -0.05) is 24.3 Å². The lowest BCUT2D eigenvalue weighted by molar-refractivity contribution is 0.112. The predicted octanol–water partition coefficient (Wildman–Crippen LogP) is -0.0782. The number of fused-ring (bicyclic) bond motifs is 1. The number of aliphatic hydroxyl groups is 2. The van der Waals surface area contributed by atoms with Gasteiger partial charge in [-0.2, -0.15) is 0 Å². The van der Waals surface area contributed by atoms with Crippen molar-refractivity contribution in [3.63, 3.8) is 0 Å². The number of rotatable bonds is 4. The van der Waals surface area contributed by atoms with Crippen molar-refractivity contribution in [2.45, 2.75) is 24.2 Å². The fraction of sp³-hybridized carbons (Fsp3) is 0.500. The summed E-state index contributed by atoms with van der Waals surface area (Å²) in [6.07, 6.45) is -0.156. The largest absolute Gasteiger partial charge is 0.394 e. The molecule has 0 aliphatic heterocycles. The molecule has 1 aliphatic carbocycles. The van der Waals surface area contributed by atoms with Gasteiger partial charge in [0, 0.05) is 0 Å². The van der Waals surface area contributed by atoms with Crippen LogP contribution in [0.5, 0.6) is 0 Å². The zero-order chi connectivity index (χ0) is 12.5. The Labute approximate surface area is 101 Å². The minimum atomic E-state index is -3.35. The molecule has 0 radical (unpaired) electrons. The summed E-state index contributed by atoms with van der Waals surface area (Å²) in [4.78, 5) is 0. The Morgan fingerprint density at radius 2 is 1.76 bits per heavy atom. The summed E-state index contributed by atoms with van der Waals surface area (Å²) in [5, 5.41) is 17.5. The van der Waals surface area contributed by atoms with Crippen LogP contribution in [0.3, 0.4) is 0 Å². The molecule has 1 aliphatic rings. The van der Waals surface area contributed by atoms with Crippen molar-refractivity contribution in [2.75, 3.05) is 12.4 Å². The Kier molecular flexibility index (Phi) is 3.51.